The number of carbonyl (C=O) groups is 1. The van der Waals surface area contributed by atoms with Crippen LogP contribution < -0.4 is 4.90 Å². The van der Waals surface area contributed by atoms with Crippen LogP contribution in [0.1, 0.15) is 26.3 Å². The molecule has 0 N–H and O–H groups in total. The zero-order valence-electron chi connectivity index (χ0n) is 9.53. The lowest BCUT2D eigenvalue weighted by atomic mass is 9.88. The smallest absolute Gasteiger partial charge is 0.224 e. The number of para-hydroxylation sites is 1. The molecular formula is C13H17NO. The van der Waals surface area contributed by atoms with Crippen LogP contribution in [0, 0.1) is 5.92 Å². The molecule has 1 aliphatic heterocycles. The van der Waals surface area contributed by atoms with Gasteiger partial charge in [0.1, 0.15) is 0 Å². The van der Waals surface area contributed by atoms with Crippen LogP contribution in [-0.4, -0.2) is 11.9 Å². The molecule has 0 fully saturated rings. The molecule has 80 valence electrons. The third kappa shape index (κ3) is 1.65. The maximum atomic E-state index is 11.6. The monoisotopic (exact) mass is 203 g/mol. The van der Waals surface area contributed by atoms with Crippen molar-refractivity contribution in [2.45, 2.75) is 33.2 Å². The molecule has 0 unspecified atom stereocenters. The number of benzene rings is 1. The van der Waals surface area contributed by atoms with Crippen LogP contribution in [0.15, 0.2) is 24.3 Å². The summed E-state index contributed by atoms with van der Waals surface area (Å²) in [5, 5.41) is 0. The molecule has 0 aliphatic carbocycles. The molecule has 2 nitrogen and oxygen atoms in total. The highest BCUT2D eigenvalue weighted by molar-refractivity contribution is 5.93. The topological polar surface area (TPSA) is 20.3 Å². The first-order valence-corrected chi connectivity index (χ1v) is 5.49. The van der Waals surface area contributed by atoms with E-state index in [1.807, 2.05) is 23.1 Å². The number of anilines is 1. The summed E-state index contributed by atoms with van der Waals surface area (Å²) < 4.78 is 0. The standard InChI is InChI=1S/C13H17NO/c1-9-8-12-6-4-5-7-13(12)14(10(9)2)11(3)15/h4-7,9-10H,8H2,1-3H3/t9-,10+/m1/s1. The normalized spacial score (nSPS) is 24.9. The highest BCUT2D eigenvalue weighted by Crippen LogP contribution is 2.33. The van der Waals surface area contributed by atoms with Gasteiger partial charge in [-0.15, -0.1) is 0 Å². The predicted octanol–water partition coefficient (Wildman–Crippen LogP) is 2.62. The molecule has 0 bridgehead atoms. The van der Waals surface area contributed by atoms with E-state index in [9.17, 15) is 4.79 Å². The zero-order valence-corrected chi connectivity index (χ0v) is 9.53. The van der Waals surface area contributed by atoms with E-state index in [1.165, 1.54) is 5.56 Å². The van der Waals surface area contributed by atoms with Crippen LogP contribution in [-0.2, 0) is 11.2 Å². The van der Waals surface area contributed by atoms with E-state index in [4.69, 9.17) is 0 Å². The lowest BCUT2D eigenvalue weighted by molar-refractivity contribution is -0.117. The molecule has 0 aromatic heterocycles. The Labute approximate surface area is 90.9 Å². The fraction of sp³-hybridized carbons (Fsp3) is 0.462. The summed E-state index contributed by atoms with van der Waals surface area (Å²) in [4.78, 5) is 13.6. The first kappa shape index (κ1) is 10.2. The van der Waals surface area contributed by atoms with Crippen LogP contribution in [0.25, 0.3) is 0 Å². The molecule has 2 heteroatoms. The highest BCUT2D eigenvalue weighted by atomic mass is 16.2. The van der Waals surface area contributed by atoms with E-state index in [-0.39, 0.29) is 5.91 Å². The number of hydrogen-bond acceptors (Lipinski definition) is 1. The van der Waals surface area contributed by atoms with Crippen LogP contribution in [0.5, 0.6) is 0 Å². The summed E-state index contributed by atoms with van der Waals surface area (Å²) in [6.07, 6.45) is 1.07. The fourth-order valence-corrected chi connectivity index (χ4v) is 2.37. The lowest BCUT2D eigenvalue weighted by Crippen LogP contribution is -2.45. The van der Waals surface area contributed by atoms with Crippen molar-refractivity contribution < 1.29 is 4.79 Å². The molecule has 1 amide bonds. The molecule has 0 spiro atoms. The summed E-state index contributed by atoms with van der Waals surface area (Å²) in [7, 11) is 0. The fourth-order valence-electron chi connectivity index (χ4n) is 2.37. The van der Waals surface area contributed by atoms with E-state index in [1.54, 1.807) is 6.92 Å². The Morgan fingerprint density at radius 1 is 1.33 bits per heavy atom. The molecule has 0 saturated carbocycles. The second kappa shape index (κ2) is 3.69. The average Bonchev–Trinajstić information content (AvgIpc) is 2.19. The van der Waals surface area contributed by atoms with E-state index < -0.39 is 0 Å². The van der Waals surface area contributed by atoms with E-state index in [2.05, 4.69) is 19.9 Å². The quantitative estimate of drug-likeness (QED) is 0.634. The number of fused-ring (bicyclic) bond motifs is 1. The van der Waals surface area contributed by atoms with Crippen molar-refractivity contribution in [3.63, 3.8) is 0 Å². The summed E-state index contributed by atoms with van der Waals surface area (Å²) in [5.41, 5.74) is 2.38. The minimum atomic E-state index is 0.140. The number of carbonyl (C=O) groups excluding carboxylic acids is 1. The van der Waals surface area contributed by atoms with Crippen LogP contribution in [0.3, 0.4) is 0 Å². The molecule has 1 heterocycles. The van der Waals surface area contributed by atoms with Gasteiger partial charge in [0.05, 0.1) is 0 Å². The minimum Gasteiger partial charge on any atom is -0.309 e. The average molecular weight is 203 g/mol. The summed E-state index contributed by atoms with van der Waals surface area (Å²) in [6.45, 7) is 5.98. The van der Waals surface area contributed by atoms with E-state index in [0.717, 1.165) is 12.1 Å². The molecular weight excluding hydrogens is 186 g/mol. The van der Waals surface area contributed by atoms with Crippen molar-refractivity contribution in [2.24, 2.45) is 5.92 Å². The number of amides is 1. The lowest BCUT2D eigenvalue weighted by Gasteiger charge is -2.38. The minimum absolute atomic E-state index is 0.140. The molecule has 0 saturated heterocycles. The van der Waals surface area contributed by atoms with Gasteiger partial charge in [-0.1, -0.05) is 25.1 Å². The van der Waals surface area contributed by atoms with Crippen molar-refractivity contribution in [1.82, 2.24) is 0 Å². The van der Waals surface area contributed by atoms with Crippen molar-refractivity contribution in [2.75, 3.05) is 4.90 Å². The number of nitrogens with zero attached hydrogens (tertiary/aromatic N) is 1. The Hall–Kier alpha value is -1.31. The highest BCUT2D eigenvalue weighted by Gasteiger charge is 2.30. The van der Waals surface area contributed by atoms with Gasteiger partial charge in [0, 0.05) is 18.7 Å². The van der Waals surface area contributed by atoms with Gasteiger partial charge in [0.2, 0.25) is 5.91 Å². The van der Waals surface area contributed by atoms with Gasteiger partial charge in [-0.05, 0) is 30.9 Å². The predicted molar refractivity (Wildman–Crippen MR) is 61.9 cm³/mol. The maximum absolute atomic E-state index is 11.6. The molecule has 15 heavy (non-hydrogen) atoms. The Bertz CT molecular complexity index is 386. The van der Waals surface area contributed by atoms with Crippen LogP contribution in [0.2, 0.25) is 0 Å². The van der Waals surface area contributed by atoms with Gasteiger partial charge >= 0.3 is 0 Å². The van der Waals surface area contributed by atoms with Crippen molar-refractivity contribution in [3.05, 3.63) is 29.8 Å². The van der Waals surface area contributed by atoms with Gasteiger partial charge in [-0.3, -0.25) is 4.79 Å². The largest absolute Gasteiger partial charge is 0.309 e. The molecule has 2 rings (SSSR count). The second-order valence-electron chi connectivity index (χ2n) is 4.44. The number of hydrogen-bond donors (Lipinski definition) is 0. The molecule has 2 atom stereocenters. The van der Waals surface area contributed by atoms with Crippen molar-refractivity contribution >= 4 is 11.6 Å². The van der Waals surface area contributed by atoms with E-state index >= 15 is 0 Å². The molecule has 0 radical (unpaired) electrons. The van der Waals surface area contributed by atoms with Gasteiger partial charge in [-0.2, -0.15) is 0 Å². The third-order valence-corrected chi connectivity index (χ3v) is 3.36. The Balaban J connectivity index is 2.49. The first-order chi connectivity index (χ1) is 7.11. The Morgan fingerprint density at radius 2 is 2.00 bits per heavy atom. The first-order valence-electron chi connectivity index (χ1n) is 5.49. The van der Waals surface area contributed by atoms with E-state index in [0.29, 0.717) is 12.0 Å². The Morgan fingerprint density at radius 3 is 2.67 bits per heavy atom. The maximum Gasteiger partial charge on any atom is 0.224 e. The summed E-state index contributed by atoms with van der Waals surface area (Å²) in [6, 6.07) is 8.50. The summed E-state index contributed by atoms with van der Waals surface area (Å²) in [5.74, 6) is 0.672. The molecule has 1 aliphatic rings. The number of rotatable bonds is 0. The van der Waals surface area contributed by atoms with Gasteiger partial charge in [0.15, 0.2) is 0 Å². The third-order valence-electron chi connectivity index (χ3n) is 3.36. The molecule has 1 aromatic rings. The van der Waals surface area contributed by atoms with Gasteiger partial charge in [0.25, 0.3) is 0 Å². The van der Waals surface area contributed by atoms with Gasteiger partial charge in [-0.25, -0.2) is 0 Å². The Kier molecular flexibility index (Phi) is 2.51. The van der Waals surface area contributed by atoms with Crippen LogP contribution in [0.4, 0.5) is 5.69 Å². The second-order valence-corrected chi connectivity index (χ2v) is 4.44. The van der Waals surface area contributed by atoms with Crippen molar-refractivity contribution in [1.29, 1.82) is 0 Å². The summed E-state index contributed by atoms with van der Waals surface area (Å²) >= 11 is 0. The van der Waals surface area contributed by atoms with Crippen molar-refractivity contribution in [3.8, 4) is 0 Å². The SMILES string of the molecule is CC(=O)N1c2ccccc2C[C@@H](C)[C@@H]1C. The molecule has 1 aromatic carbocycles. The van der Waals surface area contributed by atoms with Gasteiger partial charge < -0.3 is 4.90 Å². The zero-order chi connectivity index (χ0) is 11.0. The van der Waals surface area contributed by atoms with Crippen LogP contribution >= 0.6 is 0 Å².